The molecule has 5 heteroatoms. The van der Waals surface area contributed by atoms with Crippen molar-refractivity contribution in [1.82, 2.24) is 4.98 Å². The monoisotopic (exact) mass is 734 g/mol. The van der Waals surface area contributed by atoms with Gasteiger partial charge in [-0.15, -0.1) is 11.3 Å². The molecule has 0 amide bonds. The summed E-state index contributed by atoms with van der Waals surface area (Å²) in [5, 5.41) is 9.62. The molecule has 0 bridgehead atoms. The Bertz CT molecular complexity index is 3300. The second kappa shape index (κ2) is 12.2. The molecule has 12 aromatic rings. The number of nitrogens with zero attached hydrogens (tertiary/aromatic N) is 2. The van der Waals surface area contributed by atoms with Crippen LogP contribution in [0.25, 0.3) is 97.3 Å². The maximum atomic E-state index is 6.24. The van der Waals surface area contributed by atoms with E-state index in [4.69, 9.17) is 8.83 Å². The van der Waals surface area contributed by atoms with Crippen LogP contribution in [0.5, 0.6) is 0 Å². The zero-order valence-corrected chi connectivity index (χ0v) is 30.8. The predicted molar refractivity (Wildman–Crippen MR) is 235 cm³/mol. The maximum absolute atomic E-state index is 6.24. The molecule has 0 saturated carbocycles. The fraction of sp³-hybridized carbons (Fsp3) is 0. The average Bonchev–Trinajstić information content (AvgIpc) is 3.95. The van der Waals surface area contributed by atoms with Crippen LogP contribution in [-0.2, 0) is 0 Å². The van der Waals surface area contributed by atoms with Gasteiger partial charge >= 0.3 is 0 Å². The Hall–Kier alpha value is -7.21. The third kappa shape index (κ3) is 5.02. The topological polar surface area (TPSA) is 42.4 Å². The van der Waals surface area contributed by atoms with Gasteiger partial charge in [0.15, 0.2) is 5.58 Å². The normalized spacial score (nSPS) is 11.9. The van der Waals surface area contributed by atoms with Gasteiger partial charge in [-0.2, -0.15) is 0 Å². The molecule has 3 heterocycles. The minimum atomic E-state index is 0.629. The number of hydrogen-bond acceptors (Lipinski definition) is 5. The van der Waals surface area contributed by atoms with Crippen LogP contribution in [0.4, 0.5) is 17.1 Å². The summed E-state index contributed by atoms with van der Waals surface area (Å²) in [7, 11) is 0. The van der Waals surface area contributed by atoms with Gasteiger partial charge < -0.3 is 13.7 Å². The lowest BCUT2D eigenvalue weighted by molar-refractivity contribution is 0.620. The first-order valence-corrected chi connectivity index (χ1v) is 19.6. The molecule has 0 aliphatic heterocycles. The van der Waals surface area contributed by atoms with Crippen LogP contribution in [-0.4, -0.2) is 4.98 Å². The summed E-state index contributed by atoms with van der Waals surface area (Å²) >= 11 is 1.86. The van der Waals surface area contributed by atoms with Crippen molar-refractivity contribution in [2.45, 2.75) is 0 Å². The number of hydrogen-bond donors (Lipinski definition) is 0. The van der Waals surface area contributed by atoms with Crippen LogP contribution in [0.1, 0.15) is 0 Å². The molecular formula is C51H30N2O2S. The number of furan rings is 1. The van der Waals surface area contributed by atoms with Crippen molar-refractivity contribution in [3.05, 3.63) is 182 Å². The Balaban J connectivity index is 0.972. The van der Waals surface area contributed by atoms with Gasteiger partial charge in [-0.25, -0.2) is 4.98 Å². The lowest BCUT2D eigenvalue weighted by Gasteiger charge is -2.26. The molecule has 3 aromatic heterocycles. The molecule has 4 nitrogen and oxygen atoms in total. The van der Waals surface area contributed by atoms with Crippen molar-refractivity contribution in [3.63, 3.8) is 0 Å². The molecule has 0 radical (unpaired) electrons. The molecule has 0 fully saturated rings. The fourth-order valence-electron chi connectivity index (χ4n) is 8.24. The van der Waals surface area contributed by atoms with Gasteiger partial charge in [-0.1, -0.05) is 84.9 Å². The van der Waals surface area contributed by atoms with E-state index < -0.39 is 0 Å². The molecule has 0 unspecified atom stereocenters. The van der Waals surface area contributed by atoms with Crippen LogP contribution in [0.15, 0.2) is 191 Å². The summed E-state index contributed by atoms with van der Waals surface area (Å²) in [6, 6.07) is 64.8. The van der Waals surface area contributed by atoms with Crippen LogP contribution >= 0.6 is 11.3 Å². The van der Waals surface area contributed by atoms with E-state index in [1.807, 2.05) is 47.7 Å². The first-order chi connectivity index (χ1) is 27.7. The SMILES string of the molecule is c1ccc2oc(-c3ccc(-c4ccc(N(c5ccc6cc7oc8ccccc8c7cc6c5)c5ccc6cc7sc8ccccc8c7cc6c5)cc4)cc3)nc2c1. The minimum Gasteiger partial charge on any atom is -0.456 e. The standard InChI is InChI=1S/C51H30N2O2S/c1-4-10-46-41(7-1)43-27-36-25-39(23-19-34(36)29-48(43)54-46)53(40-24-20-35-30-50-44(28-37(35)26-40)42-8-2-6-12-49(42)56-50)38-21-17-32(18-22-38)31-13-15-33(16-14-31)51-52-45-9-3-5-11-47(45)55-51/h1-30H. The summed E-state index contributed by atoms with van der Waals surface area (Å²) in [5.74, 6) is 0.629. The minimum absolute atomic E-state index is 0.629. The number of aromatic nitrogens is 1. The van der Waals surface area contributed by atoms with Gasteiger partial charge in [0.2, 0.25) is 5.89 Å². The molecule has 9 aromatic carbocycles. The summed E-state index contributed by atoms with van der Waals surface area (Å²) in [4.78, 5) is 7.05. The second-order valence-electron chi connectivity index (χ2n) is 14.4. The van der Waals surface area contributed by atoms with Crippen molar-refractivity contribution in [1.29, 1.82) is 0 Å². The van der Waals surface area contributed by atoms with Gasteiger partial charge in [-0.3, -0.25) is 0 Å². The van der Waals surface area contributed by atoms with E-state index in [1.165, 1.54) is 30.9 Å². The molecule has 12 rings (SSSR count). The summed E-state index contributed by atoms with van der Waals surface area (Å²) in [5.41, 5.74) is 9.94. The lowest BCUT2D eigenvalue weighted by atomic mass is 10.0. The van der Waals surface area contributed by atoms with Crippen molar-refractivity contribution < 1.29 is 8.83 Å². The van der Waals surface area contributed by atoms with Crippen molar-refractivity contribution in [2.24, 2.45) is 0 Å². The number of oxazole rings is 1. The Morgan fingerprint density at radius 2 is 0.982 bits per heavy atom. The van der Waals surface area contributed by atoms with Gasteiger partial charge in [0.05, 0.1) is 0 Å². The van der Waals surface area contributed by atoms with Crippen LogP contribution in [0, 0.1) is 0 Å². The predicted octanol–water partition coefficient (Wildman–Crippen LogP) is 15.2. The molecule has 0 aliphatic rings. The highest BCUT2D eigenvalue weighted by Crippen LogP contribution is 2.42. The number of thiophene rings is 1. The van der Waals surface area contributed by atoms with Crippen molar-refractivity contribution in [3.8, 4) is 22.6 Å². The highest BCUT2D eigenvalue weighted by molar-refractivity contribution is 7.25. The van der Waals surface area contributed by atoms with Gasteiger partial charge in [0.1, 0.15) is 16.7 Å². The third-order valence-corrected chi connectivity index (χ3v) is 12.2. The number of fused-ring (bicyclic) bond motifs is 9. The largest absolute Gasteiger partial charge is 0.456 e. The Morgan fingerprint density at radius 1 is 0.375 bits per heavy atom. The lowest BCUT2D eigenvalue weighted by Crippen LogP contribution is -2.09. The van der Waals surface area contributed by atoms with E-state index >= 15 is 0 Å². The molecule has 0 atom stereocenters. The molecule has 0 aliphatic carbocycles. The van der Waals surface area contributed by atoms with Crippen LogP contribution < -0.4 is 4.90 Å². The van der Waals surface area contributed by atoms with Gasteiger partial charge in [0, 0.05) is 53.6 Å². The van der Waals surface area contributed by atoms with Crippen molar-refractivity contribution in [2.75, 3.05) is 4.90 Å². The number of anilines is 3. The quantitative estimate of drug-likeness (QED) is 0.177. The summed E-state index contributed by atoms with van der Waals surface area (Å²) < 4.78 is 14.9. The third-order valence-electron chi connectivity index (χ3n) is 11.0. The zero-order valence-electron chi connectivity index (χ0n) is 29.9. The Kier molecular flexibility index (Phi) is 6.76. The molecule has 0 saturated heterocycles. The molecule has 56 heavy (non-hydrogen) atoms. The Labute approximate surface area is 325 Å². The molecule has 0 spiro atoms. The first-order valence-electron chi connectivity index (χ1n) is 18.8. The molecule has 262 valence electrons. The second-order valence-corrected chi connectivity index (χ2v) is 15.5. The highest BCUT2D eigenvalue weighted by Gasteiger charge is 2.17. The molecular weight excluding hydrogens is 705 g/mol. The highest BCUT2D eigenvalue weighted by atomic mass is 32.1. The van der Waals surface area contributed by atoms with Crippen molar-refractivity contribution >= 4 is 103 Å². The van der Waals surface area contributed by atoms with Gasteiger partial charge in [-0.05, 0) is 130 Å². The molecule has 0 N–H and O–H groups in total. The first kappa shape index (κ1) is 31.2. The van der Waals surface area contributed by atoms with E-state index in [0.717, 1.165) is 77.6 Å². The van der Waals surface area contributed by atoms with Crippen LogP contribution in [0.3, 0.4) is 0 Å². The summed E-state index contributed by atoms with van der Waals surface area (Å²) in [6.45, 7) is 0. The number of benzene rings is 9. The van der Waals surface area contributed by atoms with E-state index in [-0.39, 0.29) is 0 Å². The van der Waals surface area contributed by atoms with E-state index in [1.54, 1.807) is 0 Å². The number of rotatable bonds is 5. The fourth-order valence-corrected chi connectivity index (χ4v) is 9.38. The Morgan fingerprint density at radius 3 is 1.75 bits per heavy atom. The number of para-hydroxylation sites is 3. The van der Waals surface area contributed by atoms with Gasteiger partial charge in [0.25, 0.3) is 0 Å². The van der Waals surface area contributed by atoms with E-state index in [9.17, 15) is 0 Å². The zero-order chi connectivity index (χ0) is 36.7. The average molecular weight is 735 g/mol. The van der Waals surface area contributed by atoms with E-state index in [0.29, 0.717) is 5.89 Å². The van der Waals surface area contributed by atoms with E-state index in [2.05, 4.69) is 155 Å². The van der Waals surface area contributed by atoms with Crippen LogP contribution in [0.2, 0.25) is 0 Å². The summed E-state index contributed by atoms with van der Waals surface area (Å²) in [6.07, 6.45) is 0. The maximum Gasteiger partial charge on any atom is 0.227 e. The smallest absolute Gasteiger partial charge is 0.227 e.